The summed E-state index contributed by atoms with van der Waals surface area (Å²) >= 11 is 0. The number of likely N-dealkylation sites (N-methyl/N-ethyl adjacent to an activating group) is 2. The molecule has 0 aromatic heterocycles. The predicted octanol–water partition coefficient (Wildman–Crippen LogP) is 0.496. The summed E-state index contributed by atoms with van der Waals surface area (Å²) < 4.78 is 13.1. The van der Waals surface area contributed by atoms with Crippen LogP contribution in [-0.2, 0) is 9.47 Å². The van der Waals surface area contributed by atoms with Crippen molar-refractivity contribution in [3.63, 3.8) is 0 Å². The minimum absolute atomic E-state index is 0.912. The highest BCUT2D eigenvalue weighted by Gasteiger charge is 2.25. The second kappa shape index (κ2) is 6.15. The summed E-state index contributed by atoms with van der Waals surface area (Å²) in [7, 11) is 4.66. The van der Waals surface area contributed by atoms with E-state index in [1.165, 1.54) is 0 Å². The van der Waals surface area contributed by atoms with Gasteiger partial charge in [-0.05, 0) is 12.2 Å². The van der Waals surface area contributed by atoms with E-state index in [4.69, 9.17) is 9.47 Å². The van der Waals surface area contributed by atoms with Gasteiger partial charge in [0.1, 0.15) is 26.2 Å². The van der Waals surface area contributed by atoms with Gasteiger partial charge in [-0.25, -0.2) is 0 Å². The van der Waals surface area contributed by atoms with E-state index in [2.05, 4.69) is 26.2 Å². The van der Waals surface area contributed by atoms with E-state index in [1.807, 2.05) is 0 Å². The first-order valence-electron chi connectivity index (χ1n) is 7.10. The normalized spacial score (nSPS) is 27.4. The minimum atomic E-state index is 0.912. The highest BCUT2D eigenvalue weighted by molar-refractivity contribution is 4.82. The smallest absolute Gasteiger partial charge is 0.102 e. The van der Waals surface area contributed by atoms with Crippen molar-refractivity contribution in [2.24, 2.45) is 0 Å². The first kappa shape index (κ1) is 14.0. The Bertz CT molecular complexity index is 252. The molecule has 0 amide bonds. The average molecular weight is 256 g/mol. The summed E-state index contributed by atoms with van der Waals surface area (Å²) in [4.78, 5) is 0. The van der Waals surface area contributed by atoms with Crippen LogP contribution in [0.2, 0.25) is 0 Å². The Labute approximate surface area is 111 Å². The lowest BCUT2D eigenvalue weighted by Gasteiger charge is -2.37. The van der Waals surface area contributed by atoms with Crippen LogP contribution < -0.4 is 0 Å². The van der Waals surface area contributed by atoms with E-state index in [-0.39, 0.29) is 0 Å². The molecular formula is C14H28N2O2+2. The molecule has 2 aliphatic rings. The van der Waals surface area contributed by atoms with Crippen LogP contribution in [0.4, 0.5) is 0 Å². The van der Waals surface area contributed by atoms with Crippen molar-refractivity contribution in [1.29, 1.82) is 0 Å². The van der Waals surface area contributed by atoms with Crippen molar-refractivity contribution in [1.82, 2.24) is 0 Å². The number of hydrogen-bond donors (Lipinski definition) is 0. The molecule has 4 heteroatoms. The second-order valence-corrected chi connectivity index (χ2v) is 6.19. The van der Waals surface area contributed by atoms with Crippen LogP contribution in [0.1, 0.15) is 0 Å². The van der Waals surface area contributed by atoms with Crippen LogP contribution >= 0.6 is 0 Å². The topological polar surface area (TPSA) is 18.5 Å². The first-order chi connectivity index (χ1) is 8.62. The SMILES string of the molecule is C[N+]1(CC=CC[N+]2(C)CCOCC2)CCOCC1. The largest absolute Gasteiger partial charge is 0.370 e. The zero-order valence-electron chi connectivity index (χ0n) is 11.9. The molecule has 104 valence electrons. The molecule has 2 rings (SSSR count). The van der Waals surface area contributed by atoms with Crippen LogP contribution in [0.25, 0.3) is 0 Å². The predicted molar refractivity (Wildman–Crippen MR) is 72.3 cm³/mol. The van der Waals surface area contributed by atoms with Crippen molar-refractivity contribution < 1.29 is 18.4 Å². The zero-order valence-corrected chi connectivity index (χ0v) is 11.9. The van der Waals surface area contributed by atoms with Crippen molar-refractivity contribution in [2.75, 3.05) is 79.8 Å². The van der Waals surface area contributed by atoms with Crippen LogP contribution in [0.15, 0.2) is 12.2 Å². The van der Waals surface area contributed by atoms with Gasteiger partial charge in [-0.3, -0.25) is 0 Å². The Morgan fingerprint density at radius 2 is 1.06 bits per heavy atom. The van der Waals surface area contributed by atoms with Crippen LogP contribution in [0, 0.1) is 0 Å². The molecule has 0 unspecified atom stereocenters. The molecule has 0 radical (unpaired) electrons. The van der Waals surface area contributed by atoms with Crippen molar-refractivity contribution in [3.8, 4) is 0 Å². The van der Waals surface area contributed by atoms with Gasteiger partial charge in [-0.15, -0.1) is 0 Å². The second-order valence-electron chi connectivity index (χ2n) is 6.19. The molecule has 2 saturated heterocycles. The van der Waals surface area contributed by atoms with Crippen molar-refractivity contribution in [3.05, 3.63) is 12.2 Å². The maximum Gasteiger partial charge on any atom is 0.102 e. The summed E-state index contributed by atoms with van der Waals surface area (Å²) in [6.07, 6.45) is 4.73. The fourth-order valence-electron chi connectivity index (χ4n) is 2.59. The van der Waals surface area contributed by atoms with Gasteiger partial charge < -0.3 is 18.4 Å². The third-order valence-corrected chi connectivity index (χ3v) is 4.36. The van der Waals surface area contributed by atoms with Crippen LogP contribution in [-0.4, -0.2) is 88.8 Å². The summed E-state index contributed by atoms with van der Waals surface area (Å²) in [5.41, 5.74) is 0. The Morgan fingerprint density at radius 3 is 1.39 bits per heavy atom. The van der Waals surface area contributed by atoms with E-state index in [9.17, 15) is 0 Å². The Hall–Kier alpha value is -0.420. The number of quaternary nitrogens is 2. The summed E-state index contributed by atoms with van der Waals surface area (Å²) in [5.74, 6) is 0. The number of nitrogens with zero attached hydrogens (tertiary/aromatic N) is 2. The van der Waals surface area contributed by atoms with Gasteiger partial charge >= 0.3 is 0 Å². The molecule has 0 atom stereocenters. The molecule has 0 aliphatic carbocycles. The van der Waals surface area contributed by atoms with E-state index in [1.54, 1.807) is 0 Å². The highest BCUT2D eigenvalue weighted by atomic mass is 16.5. The van der Waals surface area contributed by atoms with Gasteiger partial charge in [0.2, 0.25) is 0 Å². The zero-order chi connectivity index (χ0) is 12.9. The molecule has 2 aliphatic heterocycles. The van der Waals surface area contributed by atoms with E-state index < -0.39 is 0 Å². The van der Waals surface area contributed by atoms with Crippen LogP contribution in [0.5, 0.6) is 0 Å². The van der Waals surface area contributed by atoms with Crippen molar-refractivity contribution in [2.45, 2.75) is 0 Å². The molecule has 0 bridgehead atoms. The monoisotopic (exact) mass is 256 g/mol. The molecule has 0 aromatic rings. The lowest BCUT2D eigenvalue weighted by atomic mass is 10.3. The number of morpholine rings is 2. The quantitative estimate of drug-likeness (QED) is 0.538. The fourth-order valence-corrected chi connectivity index (χ4v) is 2.59. The molecule has 2 fully saturated rings. The lowest BCUT2D eigenvalue weighted by Crippen LogP contribution is -2.52. The molecular weight excluding hydrogens is 228 g/mol. The summed E-state index contributed by atoms with van der Waals surface area (Å²) in [6, 6.07) is 0. The van der Waals surface area contributed by atoms with Gasteiger partial charge in [-0.2, -0.15) is 0 Å². The molecule has 0 aromatic carbocycles. The van der Waals surface area contributed by atoms with E-state index in [0.29, 0.717) is 0 Å². The van der Waals surface area contributed by atoms with Gasteiger partial charge in [0.25, 0.3) is 0 Å². The Balaban J connectivity index is 1.73. The molecule has 4 nitrogen and oxygen atoms in total. The van der Waals surface area contributed by atoms with Gasteiger partial charge in [0, 0.05) is 0 Å². The minimum Gasteiger partial charge on any atom is -0.370 e. The van der Waals surface area contributed by atoms with E-state index >= 15 is 0 Å². The van der Waals surface area contributed by atoms with Gasteiger partial charge in [0.05, 0.1) is 53.6 Å². The van der Waals surface area contributed by atoms with E-state index in [0.717, 1.165) is 74.7 Å². The molecule has 18 heavy (non-hydrogen) atoms. The third kappa shape index (κ3) is 4.05. The lowest BCUT2D eigenvalue weighted by molar-refractivity contribution is -0.913. The maximum absolute atomic E-state index is 5.43. The summed E-state index contributed by atoms with van der Waals surface area (Å²) in [5, 5.41) is 0. The number of ether oxygens (including phenoxy) is 2. The Morgan fingerprint density at radius 1 is 0.722 bits per heavy atom. The highest BCUT2D eigenvalue weighted by Crippen LogP contribution is 2.09. The average Bonchev–Trinajstić information content (AvgIpc) is 2.37. The standard InChI is InChI=1S/C14H28N2O2/c1-15(7-11-17-12-8-15)5-3-4-6-16(2)9-13-18-14-10-16/h3-4H,5-14H2,1-2H3/q+2. The van der Waals surface area contributed by atoms with Gasteiger partial charge in [0.15, 0.2) is 0 Å². The summed E-state index contributed by atoms with van der Waals surface area (Å²) in [6.45, 7) is 10.5. The van der Waals surface area contributed by atoms with Crippen molar-refractivity contribution >= 4 is 0 Å². The fraction of sp³-hybridized carbons (Fsp3) is 0.857. The maximum atomic E-state index is 5.43. The molecule has 0 spiro atoms. The molecule has 0 saturated carbocycles. The van der Waals surface area contributed by atoms with Gasteiger partial charge in [-0.1, -0.05) is 0 Å². The first-order valence-corrected chi connectivity index (χ1v) is 7.10. The molecule has 0 N–H and O–H groups in total. The third-order valence-electron chi connectivity index (χ3n) is 4.36. The number of rotatable bonds is 4. The molecule has 2 heterocycles. The Kier molecular flexibility index (Phi) is 4.78. The van der Waals surface area contributed by atoms with Crippen LogP contribution in [0.3, 0.4) is 0 Å². The number of hydrogen-bond acceptors (Lipinski definition) is 2.